The summed E-state index contributed by atoms with van der Waals surface area (Å²) in [6.07, 6.45) is 3.43. The maximum absolute atomic E-state index is 10.8. The Bertz CT molecular complexity index is 371. The number of amides is 1. The highest BCUT2D eigenvalue weighted by molar-refractivity contribution is 8.15. The zero-order valence-corrected chi connectivity index (χ0v) is 7.84. The zero-order valence-electron chi connectivity index (χ0n) is 7.02. The number of rotatable bonds is 1. The van der Waals surface area contributed by atoms with E-state index in [1.165, 1.54) is 11.8 Å². The fourth-order valence-electron chi connectivity index (χ4n) is 0.925. The van der Waals surface area contributed by atoms with Crippen LogP contribution in [0.2, 0.25) is 0 Å². The molecule has 1 aliphatic heterocycles. The van der Waals surface area contributed by atoms with E-state index in [2.05, 4.69) is 15.0 Å². The van der Waals surface area contributed by atoms with Crippen LogP contribution < -0.4 is 0 Å². The molecule has 1 aromatic rings. The number of thioether (sulfide) groups is 1. The molecule has 0 radical (unpaired) electrons. The van der Waals surface area contributed by atoms with Crippen LogP contribution in [0.1, 0.15) is 11.4 Å². The van der Waals surface area contributed by atoms with Crippen LogP contribution in [0, 0.1) is 6.92 Å². The predicted molar refractivity (Wildman–Crippen MR) is 50.8 cm³/mol. The molecule has 0 unspecified atom stereocenters. The molecule has 0 N–H and O–H groups in total. The minimum absolute atomic E-state index is 0.107. The summed E-state index contributed by atoms with van der Waals surface area (Å²) in [5.74, 6) is 0.845. The summed E-state index contributed by atoms with van der Waals surface area (Å²) < 4.78 is 0. The van der Waals surface area contributed by atoms with Gasteiger partial charge in [0.1, 0.15) is 5.04 Å². The predicted octanol–water partition coefficient (Wildman–Crippen LogP) is 0.805. The van der Waals surface area contributed by atoms with E-state index in [-0.39, 0.29) is 5.91 Å². The van der Waals surface area contributed by atoms with Gasteiger partial charge in [0.25, 0.3) is 5.91 Å². The first kappa shape index (κ1) is 8.37. The lowest BCUT2D eigenvalue weighted by Crippen LogP contribution is -2.00. The Kier molecular flexibility index (Phi) is 2.10. The molecule has 2 heterocycles. The van der Waals surface area contributed by atoms with Crippen molar-refractivity contribution in [1.29, 1.82) is 0 Å². The fraction of sp³-hybridized carbons (Fsp3) is 0.250. The molecule has 0 aliphatic carbocycles. The topological polar surface area (TPSA) is 55.2 Å². The van der Waals surface area contributed by atoms with E-state index in [1.807, 2.05) is 6.92 Å². The third-order valence-corrected chi connectivity index (χ3v) is 2.47. The Morgan fingerprint density at radius 3 is 2.62 bits per heavy atom. The number of carbonyl (C=O) groups is 1. The molecule has 0 spiro atoms. The smallest absolute Gasteiger partial charge is 0.257 e. The van der Waals surface area contributed by atoms with E-state index in [1.54, 1.807) is 12.4 Å². The van der Waals surface area contributed by atoms with Gasteiger partial charge in [-0.2, -0.15) is 0 Å². The van der Waals surface area contributed by atoms with Gasteiger partial charge in [-0.05, 0) is 12.5 Å². The molecule has 2 rings (SSSR count). The Morgan fingerprint density at radius 2 is 2.08 bits per heavy atom. The fourth-order valence-corrected chi connectivity index (χ4v) is 1.65. The van der Waals surface area contributed by atoms with Gasteiger partial charge in [-0.3, -0.25) is 4.79 Å². The molecule has 0 saturated carbocycles. The number of aromatic nitrogens is 2. The number of hydrogen-bond donors (Lipinski definition) is 0. The first-order valence-electron chi connectivity index (χ1n) is 3.79. The third-order valence-electron chi connectivity index (χ3n) is 1.53. The molecule has 0 aromatic carbocycles. The zero-order chi connectivity index (χ0) is 9.26. The van der Waals surface area contributed by atoms with Gasteiger partial charge in [-0.15, -0.1) is 0 Å². The lowest BCUT2D eigenvalue weighted by Gasteiger charge is -1.96. The monoisotopic (exact) mass is 193 g/mol. The molecule has 1 aromatic heterocycles. The average molecular weight is 193 g/mol. The van der Waals surface area contributed by atoms with Gasteiger partial charge < -0.3 is 0 Å². The largest absolute Gasteiger partial charge is 0.272 e. The van der Waals surface area contributed by atoms with Crippen LogP contribution in [-0.4, -0.2) is 26.7 Å². The second kappa shape index (κ2) is 3.26. The van der Waals surface area contributed by atoms with Crippen molar-refractivity contribution in [3.05, 3.63) is 23.8 Å². The van der Waals surface area contributed by atoms with E-state index in [0.717, 1.165) is 5.56 Å². The van der Waals surface area contributed by atoms with Crippen molar-refractivity contribution in [2.75, 3.05) is 5.75 Å². The molecule has 1 amide bonds. The standard InChI is InChI=1S/C8H7N3OS/c1-5-2-9-7(10-3-5)8-11-6(12)4-13-8/h2-3H,4H2,1H3. The molecule has 0 fully saturated rings. The van der Waals surface area contributed by atoms with Crippen molar-refractivity contribution >= 4 is 22.7 Å². The lowest BCUT2D eigenvalue weighted by atomic mass is 10.4. The Hall–Kier alpha value is -1.23. The maximum Gasteiger partial charge on any atom is 0.257 e. The van der Waals surface area contributed by atoms with Crippen molar-refractivity contribution in [3.63, 3.8) is 0 Å². The molecule has 0 atom stereocenters. The van der Waals surface area contributed by atoms with Crippen molar-refractivity contribution in [2.24, 2.45) is 4.99 Å². The molecule has 66 valence electrons. The highest BCUT2D eigenvalue weighted by Crippen LogP contribution is 2.16. The van der Waals surface area contributed by atoms with E-state index in [4.69, 9.17) is 0 Å². The average Bonchev–Trinajstić information content (AvgIpc) is 2.53. The second-order valence-corrected chi connectivity index (χ2v) is 3.65. The van der Waals surface area contributed by atoms with E-state index >= 15 is 0 Å². The van der Waals surface area contributed by atoms with Crippen molar-refractivity contribution in [3.8, 4) is 0 Å². The van der Waals surface area contributed by atoms with Crippen LogP contribution in [0.25, 0.3) is 0 Å². The Morgan fingerprint density at radius 1 is 1.38 bits per heavy atom. The number of aryl methyl sites for hydroxylation is 1. The summed E-state index contributed by atoms with van der Waals surface area (Å²) in [6.45, 7) is 1.92. The Balaban J connectivity index is 2.31. The van der Waals surface area contributed by atoms with E-state index in [0.29, 0.717) is 16.6 Å². The quantitative estimate of drug-likeness (QED) is 0.662. The normalized spacial score (nSPS) is 16.1. The first-order valence-corrected chi connectivity index (χ1v) is 4.77. The van der Waals surface area contributed by atoms with E-state index in [9.17, 15) is 4.79 Å². The van der Waals surface area contributed by atoms with Crippen LogP contribution >= 0.6 is 11.8 Å². The van der Waals surface area contributed by atoms with Crippen molar-refractivity contribution in [1.82, 2.24) is 9.97 Å². The van der Waals surface area contributed by atoms with Crippen molar-refractivity contribution < 1.29 is 4.79 Å². The lowest BCUT2D eigenvalue weighted by molar-refractivity contribution is -0.115. The molecule has 0 saturated heterocycles. The van der Waals surface area contributed by atoms with Gasteiger partial charge in [-0.1, -0.05) is 11.8 Å². The first-order chi connectivity index (χ1) is 6.25. The molecule has 0 bridgehead atoms. The van der Waals surface area contributed by atoms with Gasteiger partial charge in [0.15, 0.2) is 5.82 Å². The molecular weight excluding hydrogens is 186 g/mol. The minimum Gasteiger partial charge on any atom is -0.272 e. The van der Waals surface area contributed by atoms with E-state index < -0.39 is 0 Å². The highest BCUT2D eigenvalue weighted by atomic mass is 32.2. The number of aliphatic imine (C=N–C) groups is 1. The van der Waals surface area contributed by atoms with Gasteiger partial charge in [0.05, 0.1) is 5.75 Å². The maximum atomic E-state index is 10.8. The number of hydrogen-bond acceptors (Lipinski definition) is 4. The van der Waals surface area contributed by atoms with Gasteiger partial charge in [0.2, 0.25) is 0 Å². The number of carbonyl (C=O) groups excluding carboxylic acids is 1. The summed E-state index contributed by atoms with van der Waals surface area (Å²) >= 11 is 1.38. The molecule has 5 heteroatoms. The number of nitrogens with zero attached hydrogens (tertiary/aromatic N) is 3. The summed E-state index contributed by atoms with van der Waals surface area (Å²) in [5, 5.41) is 0.630. The van der Waals surface area contributed by atoms with Crippen molar-refractivity contribution in [2.45, 2.75) is 6.92 Å². The molecule has 4 nitrogen and oxygen atoms in total. The second-order valence-electron chi connectivity index (χ2n) is 2.68. The van der Waals surface area contributed by atoms with Crippen LogP contribution in [0.15, 0.2) is 17.4 Å². The summed E-state index contributed by atoms with van der Waals surface area (Å²) in [5.41, 5.74) is 0.999. The summed E-state index contributed by atoms with van der Waals surface area (Å²) in [7, 11) is 0. The Labute approximate surface area is 79.5 Å². The van der Waals surface area contributed by atoms with Crippen LogP contribution in [0.3, 0.4) is 0 Å². The molecular formula is C8H7N3OS. The van der Waals surface area contributed by atoms with Crippen LogP contribution in [0.5, 0.6) is 0 Å². The van der Waals surface area contributed by atoms with Crippen LogP contribution in [-0.2, 0) is 4.79 Å². The van der Waals surface area contributed by atoms with Crippen LogP contribution in [0.4, 0.5) is 0 Å². The third kappa shape index (κ3) is 1.75. The van der Waals surface area contributed by atoms with Gasteiger partial charge in [-0.25, -0.2) is 15.0 Å². The minimum atomic E-state index is -0.107. The summed E-state index contributed by atoms with van der Waals surface area (Å²) in [4.78, 5) is 22.8. The molecule has 1 aliphatic rings. The molecule has 13 heavy (non-hydrogen) atoms. The van der Waals surface area contributed by atoms with Gasteiger partial charge in [0, 0.05) is 12.4 Å². The SMILES string of the molecule is Cc1cnc(C2=NC(=O)CS2)nc1. The highest BCUT2D eigenvalue weighted by Gasteiger charge is 2.17. The van der Waals surface area contributed by atoms with Gasteiger partial charge >= 0.3 is 0 Å². The summed E-state index contributed by atoms with van der Waals surface area (Å²) in [6, 6.07) is 0.